The zero-order valence-electron chi connectivity index (χ0n) is 12.4. The second-order valence-electron chi connectivity index (χ2n) is 5.24. The molecule has 2 aromatic rings. The molecule has 0 atom stereocenters. The Kier molecular flexibility index (Phi) is 4.78. The third kappa shape index (κ3) is 3.02. The van der Waals surface area contributed by atoms with Crippen LogP contribution in [0.15, 0.2) is 23.0 Å². The second-order valence-corrected chi connectivity index (χ2v) is 6.40. The third-order valence-corrected chi connectivity index (χ3v) is 4.43. The lowest BCUT2D eigenvalue weighted by molar-refractivity contribution is 0.612. The van der Waals surface area contributed by atoms with E-state index in [0.29, 0.717) is 6.54 Å². The SMILES string of the molecule is Cc1ccc(-c2c(C)sc(=O)n2CCCCN)c(C)c1. The van der Waals surface area contributed by atoms with Crippen LogP contribution in [0, 0.1) is 20.8 Å². The Balaban J connectivity index is 2.47. The van der Waals surface area contributed by atoms with Crippen molar-refractivity contribution in [1.82, 2.24) is 4.57 Å². The fraction of sp³-hybridized carbons (Fsp3) is 0.438. The number of aryl methyl sites for hydroxylation is 3. The number of benzene rings is 1. The lowest BCUT2D eigenvalue weighted by Gasteiger charge is -2.12. The summed E-state index contributed by atoms with van der Waals surface area (Å²) < 4.78 is 1.91. The van der Waals surface area contributed by atoms with Gasteiger partial charge in [-0.2, -0.15) is 0 Å². The number of unbranched alkanes of at least 4 members (excludes halogenated alkanes) is 1. The molecule has 0 aliphatic heterocycles. The number of thiazole rings is 1. The van der Waals surface area contributed by atoms with Gasteiger partial charge < -0.3 is 5.73 Å². The average Bonchev–Trinajstić information content (AvgIpc) is 2.65. The smallest absolute Gasteiger partial charge is 0.307 e. The Bertz CT molecular complexity index is 655. The van der Waals surface area contributed by atoms with Gasteiger partial charge in [-0.3, -0.25) is 9.36 Å². The summed E-state index contributed by atoms with van der Waals surface area (Å²) in [6.07, 6.45) is 1.90. The van der Waals surface area contributed by atoms with E-state index in [1.165, 1.54) is 28.0 Å². The van der Waals surface area contributed by atoms with Crippen LogP contribution in [0.25, 0.3) is 11.3 Å². The largest absolute Gasteiger partial charge is 0.330 e. The van der Waals surface area contributed by atoms with Gasteiger partial charge in [-0.1, -0.05) is 35.1 Å². The molecular weight excluding hydrogens is 268 g/mol. The van der Waals surface area contributed by atoms with Crippen molar-refractivity contribution >= 4 is 11.3 Å². The van der Waals surface area contributed by atoms with Crippen LogP contribution in [0.4, 0.5) is 0 Å². The minimum Gasteiger partial charge on any atom is -0.330 e. The molecule has 0 amide bonds. The van der Waals surface area contributed by atoms with Gasteiger partial charge in [-0.05, 0) is 45.7 Å². The van der Waals surface area contributed by atoms with Gasteiger partial charge in [0.25, 0.3) is 0 Å². The predicted molar refractivity (Wildman–Crippen MR) is 86.5 cm³/mol. The maximum atomic E-state index is 12.2. The number of nitrogens with zero attached hydrogens (tertiary/aromatic N) is 1. The highest BCUT2D eigenvalue weighted by molar-refractivity contribution is 7.09. The first-order chi connectivity index (χ1) is 9.54. The molecule has 0 aliphatic carbocycles. The maximum absolute atomic E-state index is 12.2. The van der Waals surface area contributed by atoms with Gasteiger partial charge in [0.15, 0.2) is 0 Å². The van der Waals surface area contributed by atoms with Gasteiger partial charge in [0.2, 0.25) is 0 Å². The molecule has 3 nitrogen and oxygen atoms in total. The quantitative estimate of drug-likeness (QED) is 0.859. The number of rotatable bonds is 5. The van der Waals surface area contributed by atoms with Crippen LogP contribution < -0.4 is 10.6 Å². The van der Waals surface area contributed by atoms with E-state index in [1.807, 2.05) is 11.5 Å². The first-order valence-electron chi connectivity index (χ1n) is 7.02. The zero-order valence-corrected chi connectivity index (χ0v) is 13.2. The van der Waals surface area contributed by atoms with E-state index < -0.39 is 0 Å². The van der Waals surface area contributed by atoms with Crippen molar-refractivity contribution < 1.29 is 0 Å². The molecule has 0 unspecified atom stereocenters. The molecule has 0 fully saturated rings. The van der Waals surface area contributed by atoms with Gasteiger partial charge in [-0.25, -0.2) is 0 Å². The van der Waals surface area contributed by atoms with Crippen molar-refractivity contribution in [3.8, 4) is 11.3 Å². The molecule has 0 radical (unpaired) electrons. The number of hydrogen-bond acceptors (Lipinski definition) is 3. The van der Waals surface area contributed by atoms with E-state index in [9.17, 15) is 4.79 Å². The highest BCUT2D eigenvalue weighted by atomic mass is 32.1. The maximum Gasteiger partial charge on any atom is 0.307 e. The molecule has 108 valence electrons. The van der Waals surface area contributed by atoms with E-state index in [0.717, 1.165) is 30.0 Å². The lowest BCUT2D eigenvalue weighted by atomic mass is 10.0. The molecule has 0 saturated heterocycles. The summed E-state index contributed by atoms with van der Waals surface area (Å²) in [6.45, 7) is 7.65. The van der Waals surface area contributed by atoms with E-state index in [-0.39, 0.29) is 4.87 Å². The summed E-state index contributed by atoms with van der Waals surface area (Å²) in [5.74, 6) is 0. The van der Waals surface area contributed by atoms with Crippen LogP contribution in [0.3, 0.4) is 0 Å². The van der Waals surface area contributed by atoms with Crippen LogP contribution in [-0.4, -0.2) is 11.1 Å². The van der Waals surface area contributed by atoms with Crippen molar-refractivity contribution in [3.05, 3.63) is 43.9 Å². The van der Waals surface area contributed by atoms with Gasteiger partial charge in [0, 0.05) is 17.0 Å². The summed E-state index contributed by atoms with van der Waals surface area (Å²) in [7, 11) is 0. The van der Waals surface area contributed by atoms with Gasteiger partial charge >= 0.3 is 4.87 Å². The van der Waals surface area contributed by atoms with E-state index in [4.69, 9.17) is 5.73 Å². The summed E-state index contributed by atoms with van der Waals surface area (Å²) in [6, 6.07) is 6.40. The Morgan fingerprint density at radius 2 is 1.95 bits per heavy atom. The molecule has 20 heavy (non-hydrogen) atoms. The molecule has 0 bridgehead atoms. The summed E-state index contributed by atoms with van der Waals surface area (Å²) in [5, 5.41) is 0. The second kappa shape index (κ2) is 6.37. The first kappa shape index (κ1) is 15.0. The van der Waals surface area contributed by atoms with Crippen LogP contribution in [0.2, 0.25) is 0 Å². The minimum atomic E-state index is 0.134. The molecule has 0 spiro atoms. The standard InChI is InChI=1S/C16H22N2OS/c1-11-6-7-14(12(2)10-11)15-13(3)20-16(19)18(15)9-5-4-8-17/h6-7,10H,4-5,8-9,17H2,1-3H3. The molecular formula is C16H22N2OS. The van der Waals surface area contributed by atoms with Crippen molar-refractivity contribution in [3.63, 3.8) is 0 Å². The monoisotopic (exact) mass is 290 g/mol. The Morgan fingerprint density at radius 3 is 2.60 bits per heavy atom. The normalized spacial score (nSPS) is 11.0. The Labute approximate surface area is 124 Å². The fourth-order valence-electron chi connectivity index (χ4n) is 2.55. The van der Waals surface area contributed by atoms with Crippen molar-refractivity contribution in [1.29, 1.82) is 0 Å². The summed E-state index contributed by atoms with van der Waals surface area (Å²) in [5.41, 5.74) is 10.3. The highest BCUT2D eigenvalue weighted by Gasteiger charge is 2.15. The summed E-state index contributed by atoms with van der Waals surface area (Å²) >= 11 is 1.34. The van der Waals surface area contributed by atoms with Crippen LogP contribution in [0.1, 0.15) is 28.8 Å². The molecule has 1 aromatic heterocycles. The molecule has 2 rings (SSSR count). The molecule has 1 aromatic carbocycles. The minimum absolute atomic E-state index is 0.134. The van der Waals surface area contributed by atoms with Crippen LogP contribution in [-0.2, 0) is 6.54 Å². The average molecular weight is 290 g/mol. The van der Waals surface area contributed by atoms with E-state index in [2.05, 4.69) is 32.0 Å². The van der Waals surface area contributed by atoms with Gasteiger partial charge in [-0.15, -0.1) is 0 Å². The third-order valence-electron chi connectivity index (χ3n) is 3.54. The first-order valence-corrected chi connectivity index (χ1v) is 7.84. The van der Waals surface area contributed by atoms with E-state index in [1.54, 1.807) is 0 Å². The fourth-order valence-corrected chi connectivity index (χ4v) is 3.42. The van der Waals surface area contributed by atoms with Crippen LogP contribution in [0.5, 0.6) is 0 Å². The molecule has 0 saturated carbocycles. The number of nitrogens with two attached hydrogens (primary N) is 1. The molecule has 1 heterocycles. The number of hydrogen-bond donors (Lipinski definition) is 1. The highest BCUT2D eigenvalue weighted by Crippen LogP contribution is 2.29. The molecule has 4 heteroatoms. The van der Waals surface area contributed by atoms with Crippen LogP contribution >= 0.6 is 11.3 Å². The van der Waals surface area contributed by atoms with Gasteiger partial charge in [0.05, 0.1) is 5.69 Å². The van der Waals surface area contributed by atoms with Crippen molar-refractivity contribution in [2.45, 2.75) is 40.2 Å². The number of aromatic nitrogens is 1. The van der Waals surface area contributed by atoms with E-state index >= 15 is 0 Å². The summed E-state index contributed by atoms with van der Waals surface area (Å²) in [4.78, 5) is 13.4. The molecule has 2 N–H and O–H groups in total. The lowest BCUT2D eigenvalue weighted by Crippen LogP contribution is -2.15. The van der Waals surface area contributed by atoms with Crippen molar-refractivity contribution in [2.75, 3.05) is 6.54 Å². The topological polar surface area (TPSA) is 48.0 Å². The Morgan fingerprint density at radius 1 is 1.20 bits per heavy atom. The Hall–Kier alpha value is -1.39. The zero-order chi connectivity index (χ0) is 14.7. The molecule has 0 aliphatic rings. The predicted octanol–water partition coefficient (Wildman–Crippen LogP) is 3.24. The van der Waals surface area contributed by atoms with Crippen molar-refractivity contribution in [2.24, 2.45) is 5.73 Å². The van der Waals surface area contributed by atoms with Gasteiger partial charge in [0.1, 0.15) is 0 Å².